The van der Waals surface area contributed by atoms with E-state index >= 15 is 0 Å². The Morgan fingerprint density at radius 2 is 1.67 bits per heavy atom. The van der Waals surface area contributed by atoms with Crippen molar-refractivity contribution in [3.63, 3.8) is 0 Å². The van der Waals surface area contributed by atoms with Crippen LogP contribution in [0, 0.1) is 23.7 Å². The van der Waals surface area contributed by atoms with Crippen molar-refractivity contribution in [1.82, 2.24) is 4.90 Å². The summed E-state index contributed by atoms with van der Waals surface area (Å²) >= 11 is 0. The first-order valence-corrected chi connectivity index (χ1v) is 7.42. The van der Waals surface area contributed by atoms with E-state index in [9.17, 15) is 0 Å². The van der Waals surface area contributed by atoms with Crippen molar-refractivity contribution in [3.05, 3.63) is 23.4 Å². The fourth-order valence-electron chi connectivity index (χ4n) is 2.79. The Balaban J connectivity index is 3.14. The summed E-state index contributed by atoms with van der Waals surface area (Å²) in [5.74, 6) is 2.72. The fourth-order valence-corrected chi connectivity index (χ4v) is 2.79. The molecular weight excluding hydrogens is 218 g/mol. The predicted octanol–water partition coefficient (Wildman–Crippen LogP) is 4.71. The summed E-state index contributed by atoms with van der Waals surface area (Å²) < 4.78 is 0. The van der Waals surface area contributed by atoms with Crippen LogP contribution in [-0.4, -0.2) is 18.0 Å². The molecule has 0 aromatic heterocycles. The largest absolute Gasteiger partial charge is 0.372 e. The second-order valence-electron chi connectivity index (χ2n) is 6.40. The molecule has 0 radical (unpaired) electrons. The van der Waals surface area contributed by atoms with Gasteiger partial charge in [-0.2, -0.15) is 0 Å². The summed E-state index contributed by atoms with van der Waals surface area (Å²) in [6.45, 7) is 16.2. The zero-order valence-electron chi connectivity index (χ0n) is 13.5. The van der Waals surface area contributed by atoms with E-state index in [2.05, 4.69) is 72.6 Å². The van der Waals surface area contributed by atoms with Gasteiger partial charge in [-0.05, 0) is 43.1 Å². The Hall–Kier alpha value is -0.720. The number of allylic oxidation sites excluding steroid dienone is 3. The zero-order valence-corrected chi connectivity index (χ0v) is 13.5. The molecule has 0 aliphatic carbocycles. The number of nitrogens with zero attached hydrogens (tertiary/aromatic N) is 1. The lowest BCUT2D eigenvalue weighted by Gasteiger charge is -2.44. The van der Waals surface area contributed by atoms with Gasteiger partial charge in [-0.1, -0.05) is 46.8 Å². The first kappa shape index (κ1) is 15.3. The number of likely N-dealkylation sites (N-methyl/N-ethyl adjacent to an activating group) is 1. The molecule has 1 fully saturated rings. The van der Waals surface area contributed by atoms with Gasteiger partial charge in [0.1, 0.15) is 0 Å². The molecule has 0 spiro atoms. The van der Waals surface area contributed by atoms with Crippen molar-refractivity contribution in [3.8, 4) is 0 Å². The highest BCUT2D eigenvalue weighted by atomic mass is 15.2. The second-order valence-corrected chi connectivity index (χ2v) is 6.40. The molecular formula is C17H31N. The fraction of sp³-hybridized carbons (Fsp3) is 0.765. The number of piperidine rings is 1. The third kappa shape index (κ3) is 2.81. The molecule has 0 aromatic rings. The van der Waals surface area contributed by atoms with E-state index in [-0.39, 0.29) is 0 Å². The Labute approximate surface area is 114 Å². The predicted molar refractivity (Wildman–Crippen MR) is 81.4 cm³/mol. The highest BCUT2D eigenvalue weighted by Crippen LogP contribution is 2.39. The molecule has 1 rings (SSSR count). The Bertz CT molecular complexity index is 338. The van der Waals surface area contributed by atoms with E-state index in [1.54, 1.807) is 5.57 Å². The number of likely N-dealkylation sites (tertiary alicyclic amines) is 1. The van der Waals surface area contributed by atoms with Gasteiger partial charge >= 0.3 is 0 Å². The van der Waals surface area contributed by atoms with Gasteiger partial charge in [0.25, 0.3) is 0 Å². The molecule has 1 saturated heterocycles. The maximum Gasteiger partial charge on any atom is 0.0355 e. The first-order chi connectivity index (χ1) is 8.31. The summed E-state index contributed by atoms with van der Waals surface area (Å²) in [5, 5.41) is 0. The topological polar surface area (TPSA) is 3.24 Å². The minimum atomic E-state index is 0.623. The quantitative estimate of drug-likeness (QED) is 0.685. The molecule has 4 unspecified atom stereocenters. The van der Waals surface area contributed by atoms with Crippen LogP contribution in [0.2, 0.25) is 0 Å². The highest BCUT2D eigenvalue weighted by Gasteiger charge is 2.33. The lowest BCUT2D eigenvalue weighted by Crippen LogP contribution is -2.43. The van der Waals surface area contributed by atoms with E-state index in [1.807, 2.05) is 0 Å². The molecule has 0 N–H and O–H groups in total. The minimum Gasteiger partial charge on any atom is -0.372 e. The summed E-state index contributed by atoms with van der Waals surface area (Å²) in [6.07, 6.45) is 4.78. The molecule has 0 saturated carbocycles. The van der Waals surface area contributed by atoms with Crippen LogP contribution in [0.1, 0.15) is 48.5 Å². The minimum absolute atomic E-state index is 0.623. The van der Waals surface area contributed by atoms with Gasteiger partial charge in [-0.3, -0.25) is 0 Å². The van der Waals surface area contributed by atoms with Crippen molar-refractivity contribution in [2.45, 2.75) is 54.5 Å². The van der Waals surface area contributed by atoms with Crippen LogP contribution in [0.5, 0.6) is 0 Å². The van der Waals surface area contributed by atoms with Crippen LogP contribution in [0.4, 0.5) is 0 Å². The van der Waals surface area contributed by atoms with Gasteiger partial charge in [0.05, 0.1) is 0 Å². The molecule has 1 aliphatic rings. The third-order valence-corrected chi connectivity index (χ3v) is 5.09. The number of rotatable bonds is 2. The lowest BCUT2D eigenvalue weighted by atomic mass is 9.76. The molecule has 0 amide bonds. The maximum absolute atomic E-state index is 2.50. The van der Waals surface area contributed by atoms with E-state index in [0.29, 0.717) is 29.7 Å². The normalized spacial score (nSPS) is 35.6. The van der Waals surface area contributed by atoms with Gasteiger partial charge in [0.2, 0.25) is 0 Å². The van der Waals surface area contributed by atoms with Crippen LogP contribution >= 0.6 is 0 Å². The van der Waals surface area contributed by atoms with E-state index in [1.165, 1.54) is 5.70 Å². The van der Waals surface area contributed by atoms with Gasteiger partial charge in [0, 0.05) is 18.8 Å². The summed E-state index contributed by atoms with van der Waals surface area (Å²) in [7, 11) is 2.23. The van der Waals surface area contributed by atoms with Crippen molar-refractivity contribution in [2.75, 3.05) is 7.05 Å². The van der Waals surface area contributed by atoms with Crippen molar-refractivity contribution in [2.24, 2.45) is 23.7 Å². The Morgan fingerprint density at radius 3 is 2.11 bits per heavy atom. The molecule has 1 heteroatoms. The van der Waals surface area contributed by atoms with Crippen molar-refractivity contribution in [1.29, 1.82) is 0 Å². The van der Waals surface area contributed by atoms with Crippen molar-refractivity contribution >= 4 is 0 Å². The molecule has 104 valence electrons. The Morgan fingerprint density at radius 1 is 1.11 bits per heavy atom. The van der Waals surface area contributed by atoms with Gasteiger partial charge in [-0.25, -0.2) is 0 Å². The molecule has 1 heterocycles. The van der Waals surface area contributed by atoms with Gasteiger partial charge in [0.15, 0.2) is 0 Å². The lowest BCUT2D eigenvalue weighted by molar-refractivity contribution is 0.178. The summed E-state index contributed by atoms with van der Waals surface area (Å²) in [4.78, 5) is 2.45. The summed E-state index contributed by atoms with van der Waals surface area (Å²) in [5.41, 5.74) is 2.98. The van der Waals surface area contributed by atoms with Gasteiger partial charge < -0.3 is 4.90 Å². The van der Waals surface area contributed by atoms with Crippen LogP contribution in [0.25, 0.3) is 0 Å². The third-order valence-electron chi connectivity index (χ3n) is 5.09. The summed E-state index contributed by atoms with van der Waals surface area (Å²) in [6, 6.07) is 0.623. The smallest absolute Gasteiger partial charge is 0.0355 e. The van der Waals surface area contributed by atoms with E-state index < -0.39 is 0 Å². The number of hydrogen-bond acceptors (Lipinski definition) is 1. The van der Waals surface area contributed by atoms with Gasteiger partial charge in [-0.15, -0.1) is 0 Å². The van der Waals surface area contributed by atoms with E-state index in [0.717, 1.165) is 0 Å². The SMILES string of the molecule is C/C=C1\C(=C/C(C)C(C)C)C(C)C(C)C(C)N1C. The maximum atomic E-state index is 2.50. The molecule has 4 atom stereocenters. The average molecular weight is 249 g/mol. The van der Waals surface area contributed by atoms with Crippen LogP contribution in [0.3, 0.4) is 0 Å². The number of hydrogen-bond donors (Lipinski definition) is 0. The molecule has 1 aliphatic heterocycles. The molecule has 0 bridgehead atoms. The van der Waals surface area contributed by atoms with Crippen LogP contribution in [-0.2, 0) is 0 Å². The molecule has 0 aromatic carbocycles. The first-order valence-electron chi connectivity index (χ1n) is 7.42. The molecule has 18 heavy (non-hydrogen) atoms. The standard InChI is InChI=1S/C17H31N/c1-9-17-16(10-12(4)11(2)3)14(6)13(5)15(7)18(17)8/h9-15H,1-8H3/b16-10-,17-9+. The van der Waals surface area contributed by atoms with Crippen LogP contribution in [0.15, 0.2) is 23.4 Å². The molecule has 1 nitrogen and oxygen atoms in total. The average Bonchev–Trinajstić information content (AvgIpc) is 2.33. The van der Waals surface area contributed by atoms with E-state index in [4.69, 9.17) is 0 Å². The van der Waals surface area contributed by atoms with Crippen molar-refractivity contribution < 1.29 is 0 Å². The van der Waals surface area contributed by atoms with Crippen LogP contribution < -0.4 is 0 Å². The monoisotopic (exact) mass is 249 g/mol. The Kier molecular flexibility index (Phi) is 5.07. The highest BCUT2D eigenvalue weighted by molar-refractivity contribution is 5.35. The zero-order chi connectivity index (χ0) is 14.0. The second kappa shape index (κ2) is 5.95.